The monoisotopic (exact) mass is 412 g/mol. The fourth-order valence-corrected chi connectivity index (χ4v) is 4.70. The summed E-state index contributed by atoms with van der Waals surface area (Å²) in [5.74, 6) is 1.03. The third-order valence-corrected chi connectivity index (χ3v) is 6.57. The summed E-state index contributed by atoms with van der Waals surface area (Å²) in [4.78, 5) is 13.5. The van der Waals surface area contributed by atoms with Crippen LogP contribution in [-0.4, -0.2) is 33.4 Å². The number of amides is 1. The number of aryl methyl sites for hydroxylation is 2. The van der Waals surface area contributed by atoms with Crippen LogP contribution in [0.25, 0.3) is 16.6 Å². The van der Waals surface area contributed by atoms with E-state index in [1.54, 1.807) is 18.4 Å². The first kappa shape index (κ1) is 18.8. The van der Waals surface area contributed by atoms with Gasteiger partial charge in [0.05, 0.1) is 24.9 Å². The summed E-state index contributed by atoms with van der Waals surface area (Å²) in [6, 6.07) is 10.0. The summed E-state index contributed by atoms with van der Waals surface area (Å²) >= 11 is 3.04. The summed E-state index contributed by atoms with van der Waals surface area (Å²) in [6.45, 7) is 4.66. The van der Waals surface area contributed by atoms with Crippen molar-refractivity contribution >= 4 is 45.6 Å². The van der Waals surface area contributed by atoms with Crippen molar-refractivity contribution < 1.29 is 9.53 Å². The van der Waals surface area contributed by atoms with Gasteiger partial charge in [-0.3, -0.25) is 9.20 Å². The molecule has 1 amide bonds. The lowest BCUT2D eigenvalue weighted by molar-refractivity contribution is -0.118. The molecular weight excluding hydrogens is 392 g/mol. The second-order valence-corrected chi connectivity index (χ2v) is 8.42. The Morgan fingerprint density at radius 3 is 2.82 bits per heavy atom. The van der Waals surface area contributed by atoms with Crippen molar-refractivity contribution in [1.29, 1.82) is 0 Å². The number of thioether (sulfide) groups is 1. The predicted molar refractivity (Wildman–Crippen MR) is 113 cm³/mol. The number of nitrogens with zero attached hydrogens (tertiary/aromatic N) is 3. The van der Waals surface area contributed by atoms with Crippen molar-refractivity contribution in [2.24, 2.45) is 0 Å². The van der Waals surface area contributed by atoms with Crippen molar-refractivity contribution in [2.75, 3.05) is 12.9 Å². The number of nitrogens with one attached hydrogen (secondary N) is 1. The summed E-state index contributed by atoms with van der Waals surface area (Å²) in [5, 5.41) is 15.4. The van der Waals surface area contributed by atoms with Crippen LogP contribution in [0.3, 0.4) is 0 Å². The SMILES string of the molecule is COc1ccc2c(C)cc3nnc(SCC(=O)NCc4sccc4C)n3c2c1. The lowest BCUT2D eigenvalue weighted by Gasteiger charge is -2.09. The van der Waals surface area contributed by atoms with Crippen molar-refractivity contribution in [3.8, 4) is 5.75 Å². The maximum absolute atomic E-state index is 12.3. The van der Waals surface area contributed by atoms with E-state index >= 15 is 0 Å². The molecule has 3 heterocycles. The first-order chi connectivity index (χ1) is 13.6. The Labute approximate surface area is 170 Å². The Morgan fingerprint density at radius 1 is 1.21 bits per heavy atom. The average molecular weight is 413 g/mol. The molecule has 0 radical (unpaired) electrons. The number of pyridine rings is 1. The van der Waals surface area contributed by atoms with Gasteiger partial charge in [-0.25, -0.2) is 0 Å². The Bertz CT molecular complexity index is 1170. The van der Waals surface area contributed by atoms with Gasteiger partial charge in [0.2, 0.25) is 5.91 Å². The van der Waals surface area contributed by atoms with Gasteiger partial charge in [0, 0.05) is 16.3 Å². The van der Waals surface area contributed by atoms with E-state index in [-0.39, 0.29) is 11.7 Å². The van der Waals surface area contributed by atoms with Crippen LogP contribution in [0.2, 0.25) is 0 Å². The van der Waals surface area contributed by atoms with Crippen LogP contribution in [0, 0.1) is 13.8 Å². The molecule has 0 aliphatic rings. The van der Waals surface area contributed by atoms with Crippen molar-refractivity contribution in [1.82, 2.24) is 19.9 Å². The molecule has 8 heteroatoms. The Morgan fingerprint density at radius 2 is 2.07 bits per heavy atom. The number of carbonyl (C=O) groups excluding carboxylic acids is 1. The molecule has 4 aromatic rings. The highest BCUT2D eigenvalue weighted by Gasteiger charge is 2.14. The predicted octanol–water partition coefficient (Wildman–Crippen LogP) is 3.98. The van der Waals surface area contributed by atoms with E-state index in [1.807, 2.05) is 34.0 Å². The number of rotatable bonds is 6. The highest BCUT2D eigenvalue weighted by Crippen LogP contribution is 2.28. The lowest BCUT2D eigenvalue weighted by atomic mass is 10.1. The number of carbonyl (C=O) groups is 1. The standard InChI is InChI=1S/C20H20N4O2S2/c1-12-6-7-27-17(12)10-21-19(25)11-28-20-23-22-18-8-13(2)15-5-4-14(26-3)9-16(15)24(18)20/h4-9H,10-11H2,1-3H3,(H,21,25). The first-order valence-electron chi connectivity index (χ1n) is 8.82. The van der Waals surface area contributed by atoms with E-state index in [2.05, 4.69) is 35.4 Å². The van der Waals surface area contributed by atoms with Crippen LogP contribution >= 0.6 is 23.1 Å². The van der Waals surface area contributed by atoms with Gasteiger partial charge in [-0.1, -0.05) is 11.8 Å². The maximum atomic E-state index is 12.3. The molecule has 0 bridgehead atoms. The molecule has 0 fully saturated rings. The topological polar surface area (TPSA) is 68.5 Å². The van der Waals surface area contributed by atoms with Gasteiger partial charge in [0.1, 0.15) is 5.75 Å². The summed E-state index contributed by atoms with van der Waals surface area (Å²) < 4.78 is 7.36. The van der Waals surface area contributed by atoms with E-state index in [0.29, 0.717) is 11.7 Å². The summed E-state index contributed by atoms with van der Waals surface area (Å²) in [5.41, 5.74) is 4.06. The van der Waals surface area contributed by atoms with Crippen LogP contribution in [-0.2, 0) is 11.3 Å². The molecule has 144 valence electrons. The molecule has 1 N–H and O–H groups in total. The van der Waals surface area contributed by atoms with E-state index in [4.69, 9.17) is 4.74 Å². The third kappa shape index (κ3) is 3.57. The zero-order valence-electron chi connectivity index (χ0n) is 15.9. The molecule has 0 spiro atoms. The normalized spacial score (nSPS) is 11.2. The summed E-state index contributed by atoms with van der Waals surface area (Å²) in [6.07, 6.45) is 0. The van der Waals surface area contributed by atoms with Gasteiger partial charge < -0.3 is 10.1 Å². The van der Waals surface area contributed by atoms with E-state index in [0.717, 1.165) is 27.9 Å². The van der Waals surface area contributed by atoms with E-state index < -0.39 is 0 Å². The fourth-order valence-electron chi connectivity index (χ4n) is 3.07. The highest BCUT2D eigenvalue weighted by atomic mass is 32.2. The molecule has 0 aliphatic carbocycles. The van der Waals surface area contributed by atoms with E-state index in [1.165, 1.54) is 22.2 Å². The maximum Gasteiger partial charge on any atom is 0.230 e. The number of hydrogen-bond donors (Lipinski definition) is 1. The van der Waals surface area contributed by atoms with E-state index in [9.17, 15) is 4.79 Å². The number of thiophene rings is 1. The molecule has 3 aromatic heterocycles. The van der Waals surface area contributed by atoms with Crippen LogP contribution < -0.4 is 10.1 Å². The Kier molecular flexibility index (Phi) is 5.23. The molecule has 0 saturated carbocycles. The molecule has 6 nitrogen and oxygen atoms in total. The molecule has 4 rings (SSSR count). The number of aromatic nitrogens is 3. The fraction of sp³-hybridized carbons (Fsp3) is 0.250. The van der Waals surface area contributed by atoms with Crippen LogP contribution in [0.1, 0.15) is 16.0 Å². The second kappa shape index (κ2) is 7.81. The van der Waals surface area contributed by atoms with Gasteiger partial charge in [-0.15, -0.1) is 21.5 Å². The molecule has 28 heavy (non-hydrogen) atoms. The number of fused-ring (bicyclic) bond motifs is 3. The molecule has 0 aliphatic heterocycles. The summed E-state index contributed by atoms with van der Waals surface area (Å²) in [7, 11) is 1.65. The molecule has 0 atom stereocenters. The molecule has 0 unspecified atom stereocenters. The number of ether oxygens (including phenoxy) is 1. The Balaban J connectivity index is 1.56. The van der Waals surface area contributed by atoms with Crippen molar-refractivity contribution in [2.45, 2.75) is 25.5 Å². The van der Waals surface area contributed by atoms with Crippen LogP contribution in [0.5, 0.6) is 5.75 Å². The zero-order valence-corrected chi connectivity index (χ0v) is 17.5. The van der Waals surface area contributed by atoms with Crippen molar-refractivity contribution in [3.63, 3.8) is 0 Å². The Hall–Kier alpha value is -2.58. The minimum Gasteiger partial charge on any atom is -0.497 e. The van der Waals surface area contributed by atoms with Gasteiger partial charge in [-0.05, 0) is 54.6 Å². The van der Waals surface area contributed by atoms with Gasteiger partial charge in [0.15, 0.2) is 10.8 Å². The van der Waals surface area contributed by atoms with Crippen molar-refractivity contribution in [3.05, 3.63) is 51.7 Å². The first-order valence-corrected chi connectivity index (χ1v) is 10.7. The average Bonchev–Trinajstić information content (AvgIpc) is 3.30. The molecule has 0 saturated heterocycles. The van der Waals surface area contributed by atoms with Gasteiger partial charge in [-0.2, -0.15) is 0 Å². The van der Waals surface area contributed by atoms with Crippen LogP contribution in [0.15, 0.2) is 40.9 Å². The molecule has 1 aromatic carbocycles. The molecular formula is C20H20N4O2S2. The zero-order chi connectivity index (χ0) is 19.7. The quantitative estimate of drug-likeness (QED) is 0.485. The third-order valence-electron chi connectivity index (χ3n) is 4.62. The smallest absolute Gasteiger partial charge is 0.230 e. The lowest BCUT2D eigenvalue weighted by Crippen LogP contribution is -2.24. The van der Waals surface area contributed by atoms with Crippen LogP contribution in [0.4, 0.5) is 0 Å². The minimum absolute atomic E-state index is 0.0245. The van der Waals surface area contributed by atoms with Gasteiger partial charge in [0.25, 0.3) is 0 Å². The number of methoxy groups -OCH3 is 1. The minimum atomic E-state index is -0.0245. The van der Waals surface area contributed by atoms with Gasteiger partial charge >= 0.3 is 0 Å². The highest BCUT2D eigenvalue weighted by molar-refractivity contribution is 7.99. The number of benzene rings is 1. The largest absolute Gasteiger partial charge is 0.497 e. The number of hydrogen-bond acceptors (Lipinski definition) is 6. The second-order valence-electron chi connectivity index (χ2n) is 6.48.